The molecule has 3 N–H and O–H groups in total. The standard InChI is InChI=1S/C44H52N8O6/c1-26-7-6-8-34(45-26)39(54)46-36-21-27-24-51(48-35(27)23-33(36)44(4,5)58)29-15-17-49(18-16-29)25-43(2,3)28-13-19-50(20-14-28)30-9-10-31-32(22-30)42(57)52(41(31)56)37-11-12-38(53)47-40(37)55/h6-10,21-24,28-29,37,58H,11-20,25H2,1-5H3,(H,46,54)(H,47,53,55). The van der Waals surface area contributed by atoms with Crippen LogP contribution in [0.1, 0.15) is 115 Å². The number of likely N-dealkylation sites (tertiary alicyclic amines) is 1. The van der Waals surface area contributed by atoms with E-state index < -0.39 is 35.3 Å². The van der Waals surface area contributed by atoms with Crippen LogP contribution < -0.4 is 15.5 Å². The predicted molar refractivity (Wildman–Crippen MR) is 218 cm³/mol. The highest BCUT2D eigenvalue weighted by atomic mass is 16.3. The van der Waals surface area contributed by atoms with Crippen molar-refractivity contribution in [2.24, 2.45) is 11.3 Å². The molecule has 1 unspecified atom stereocenters. The summed E-state index contributed by atoms with van der Waals surface area (Å²) in [6.45, 7) is 14.6. The Morgan fingerprint density at radius 2 is 1.62 bits per heavy atom. The van der Waals surface area contributed by atoms with E-state index >= 15 is 0 Å². The lowest BCUT2D eigenvalue weighted by Crippen LogP contribution is -2.54. The summed E-state index contributed by atoms with van der Waals surface area (Å²) in [5.41, 5.74) is 3.34. The zero-order valence-electron chi connectivity index (χ0n) is 33.9. The van der Waals surface area contributed by atoms with Crippen molar-refractivity contribution in [3.8, 4) is 0 Å². The Hall–Kier alpha value is -5.47. The van der Waals surface area contributed by atoms with Crippen molar-refractivity contribution >= 4 is 51.8 Å². The topological polar surface area (TPSA) is 170 Å². The lowest BCUT2D eigenvalue weighted by atomic mass is 9.73. The van der Waals surface area contributed by atoms with Gasteiger partial charge in [0.05, 0.1) is 28.3 Å². The van der Waals surface area contributed by atoms with Gasteiger partial charge in [-0.15, -0.1) is 0 Å². The number of hydrogen-bond donors (Lipinski definition) is 3. The van der Waals surface area contributed by atoms with Crippen LogP contribution in [0.2, 0.25) is 0 Å². The first-order valence-electron chi connectivity index (χ1n) is 20.4. The molecule has 5 amide bonds. The van der Waals surface area contributed by atoms with Crippen molar-refractivity contribution in [2.75, 3.05) is 42.9 Å². The van der Waals surface area contributed by atoms with Gasteiger partial charge in [-0.3, -0.25) is 38.9 Å². The fraction of sp³-hybridized carbons (Fsp3) is 0.477. The van der Waals surface area contributed by atoms with Gasteiger partial charge in [0, 0.05) is 73.4 Å². The molecular formula is C44H52N8O6. The molecule has 1 atom stereocenters. The molecule has 0 aliphatic carbocycles. The summed E-state index contributed by atoms with van der Waals surface area (Å²) in [5.74, 6) is -1.79. The largest absolute Gasteiger partial charge is 0.386 e. The first kappa shape index (κ1) is 39.4. The fourth-order valence-electron chi connectivity index (χ4n) is 9.37. The normalized spacial score (nSPS) is 20.2. The molecule has 0 bridgehead atoms. The number of aliphatic hydroxyl groups is 1. The Kier molecular flexibility index (Phi) is 10.2. The summed E-state index contributed by atoms with van der Waals surface area (Å²) in [7, 11) is 0. The molecule has 0 saturated carbocycles. The van der Waals surface area contributed by atoms with Gasteiger partial charge in [0.1, 0.15) is 11.7 Å². The van der Waals surface area contributed by atoms with Crippen LogP contribution in [-0.2, 0) is 15.2 Å². The summed E-state index contributed by atoms with van der Waals surface area (Å²) in [4.78, 5) is 74.1. The first-order chi connectivity index (χ1) is 27.6. The van der Waals surface area contributed by atoms with E-state index in [9.17, 15) is 29.1 Å². The average Bonchev–Trinajstić information content (AvgIpc) is 3.71. The zero-order chi connectivity index (χ0) is 41.1. The maximum absolute atomic E-state index is 13.4. The van der Waals surface area contributed by atoms with Crippen molar-refractivity contribution in [1.82, 2.24) is 29.9 Å². The van der Waals surface area contributed by atoms with Crippen LogP contribution in [0.4, 0.5) is 11.4 Å². The second kappa shape index (κ2) is 15.0. The third kappa shape index (κ3) is 7.62. The van der Waals surface area contributed by atoms with Crippen LogP contribution in [0.25, 0.3) is 10.9 Å². The number of amides is 5. The molecule has 8 rings (SSSR count). The number of aryl methyl sites for hydroxylation is 1. The van der Waals surface area contributed by atoms with Gasteiger partial charge in [-0.25, -0.2) is 4.98 Å². The van der Waals surface area contributed by atoms with Crippen LogP contribution in [0, 0.1) is 18.3 Å². The third-order valence-electron chi connectivity index (χ3n) is 12.6. The van der Waals surface area contributed by atoms with Crippen molar-refractivity contribution in [1.29, 1.82) is 0 Å². The summed E-state index contributed by atoms with van der Waals surface area (Å²) in [6, 6.07) is 13.7. The Labute approximate surface area is 338 Å². The molecule has 2 aromatic heterocycles. The second-order valence-electron chi connectivity index (χ2n) is 17.7. The number of carbonyl (C=O) groups excluding carboxylic acids is 5. The minimum absolute atomic E-state index is 0.0877. The summed E-state index contributed by atoms with van der Waals surface area (Å²) >= 11 is 0. The molecule has 4 aliphatic rings. The van der Waals surface area contributed by atoms with Gasteiger partial charge in [0.25, 0.3) is 17.7 Å². The monoisotopic (exact) mass is 788 g/mol. The fourth-order valence-corrected chi connectivity index (χ4v) is 9.37. The molecule has 3 saturated heterocycles. The molecule has 0 radical (unpaired) electrons. The Bertz CT molecular complexity index is 2310. The molecular weight excluding hydrogens is 737 g/mol. The molecule has 6 heterocycles. The molecule has 0 spiro atoms. The van der Waals surface area contributed by atoms with Gasteiger partial charge in [-0.1, -0.05) is 19.9 Å². The quantitative estimate of drug-likeness (QED) is 0.192. The number of nitrogens with one attached hydrogen (secondary N) is 2. The van der Waals surface area contributed by atoms with E-state index in [4.69, 9.17) is 5.10 Å². The van der Waals surface area contributed by atoms with E-state index in [0.29, 0.717) is 34.0 Å². The van der Waals surface area contributed by atoms with Gasteiger partial charge in [0.2, 0.25) is 11.8 Å². The number of rotatable bonds is 9. The van der Waals surface area contributed by atoms with Gasteiger partial charge >= 0.3 is 0 Å². The number of hydrogen-bond acceptors (Lipinski definition) is 10. The number of benzene rings is 2. The number of carbonyl (C=O) groups is 5. The number of nitrogens with zero attached hydrogens (tertiary/aromatic N) is 6. The molecule has 2 aromatic carbocycles. The highest BCUT2D eigenvalue weighted by Crippen LogP contribution is 2.40. The highest BCUT2D eigenvalue weighted by Gasteiger charge is 2.45. The SMILES string of the molecule is Cc1cccc(C(=O)Nc2cc3cn(C4CCN(CC(C)(C)C5CCN(c6ccc7c(c6)C(=O)N(C6CCC(=O)NC6=O)C7=O)CC5)CC4)nc3cc2C(C)(C)O)n1. The van der Waals surface area contributed by atoms with E-state index in [1.54, 1.807) is 38.1 Å². The lowest BCUT2D eigenvalue weighted by Gasteiger charge is -2.45. The molecule has 14 nitrogen and oxygen atoms in total. The number of pyridine rings is 1. The van der Waals surface area contributed by atoms with E-state index in [-0.39, 0.29) is 30.2 Å². The highest BCUT2D eigenvalue weighted by molar-refractivity contribution is 6.23. The van der Waals surface area contributed by atoms with Gasteiger partial charge in [-0.2, -0.15) is 5.10 Å². The Morgan fingerprint density at radius 3 is 2.31 bits per heavy atom. The number of fused-ring (bicyclic) bond motifs is 2. The third-order valence-corrected chi connectivity index (χ3v) is 12.6. The summed E-state index contributed by atoms with van der Waals surface area (Å²) < 4.78 is 2.06. The maximum atomic E-state index is 13.4. The Morgan fingerprint density at radius 1 is 0.897 bits per heavy atom. The van der Waals surface area contributed by atoms with E-state index in [0.717, 1.165) is 85.6 Å². The van der Waals surface area contributed by atoms with Crippen LogP contribution in [0.15, 0.2) is 54.7 Å². The summed E-state index contributed by atoms with van der Waals surface area (Å²) in [6.07, 6.45) is 6.21. The number of aromatic nitrogens is 3. The molecule has 3 fully saturated rings. The van der Waals surface area contributed by atoms with Crippen LogP contribution in [0.5, 0.6) is 0 Å². The lowest BCUT2D eigenvalue weighted by molar-refractivity contribution is -0.136. The van der Waals surface area contributed by atoms with Gasteiger partial charge in [-0.05, 0) is 107 Å². The smallest absolute Gasteiger partial charge is 0.274 e. The van der Waals surface area contributed by atoms with Crippen molar-refractivity contribution < 1.29 is 29.1 Å². The molecule has 4 aliphatic heterocycles. The van der Waals surface area contributed by atoms with Crippen LogP contribution >= 0.6 is 0 Å². The Balaban J connectivity index is 0.866. The molecule has 14 heteroatoms. The van der Waals surface area contributed by atoms with E-state index in [2.05, 4.69) is 43.9 Å². The number of piperidine rings is 3. The minimum Gasteiger partial charge on any atom is -0.386 e. The summed E-state index contributed by atoms with van der Waals surface area (Å²) in [5, 5.41) is 22.1. The molecule has 304 valence electrons. The predicted octanol–water partition coefficient (Wildman–Crippen LogP) is 5.20. The van der Waals surface area contributed by atoms with Gasteiger partial charge in [0.15, 0.2) is 0 Å². The number of anilines is 2. The average molecular weight is 789 g/mol. The van der Waals surface area contributed by atoms with Crippen molar-refractivity contribution in [3.05, 3.63) is 82.8 Å². The molecule has 4 aromatic rings. The van der Waals surface area contributed by atoms with Crippen LogP contribution in [0.3, 0.4) is 0 Å². The molecule has 58 heavy (non-hydrogen) atoms. The van der Waals surface area contributed by atoms with E-state index in [1.807, 2.05) is 37.4 Å². The second-order valence-corrected chi connectivity index (χ2v) is 17.7. The van der Waals surface area contributed by atoms with E-state index in [1.165, 1.54) is 0 Å². The van der Waals surface area contributed by atoms with Crippen molar-refractivity contribution in [2.45, 2.75) is 90.8 Å². The maximum Gasteiger partial charge on any atom is 0.274 e. The minimum atomic E-state index is -1.21. The van der Waals surface area contributed by atoms with Crippen LogP contribution in [-0.4, -0.2) is 98.0 Å². The van der Waals surface area contributed by atoms with Crippen molar-refractivity contribution in [3.63, 3.8) is 0 Å². The van der Waals surface area contributed by atoms with Gasteiger partial charge < -0.3 is 20.2 Å². The zero-order valence-corrected chi connectivity index (χ0v) is 33.9. The number of imide groups is 2. The first-order valence-corrected chi connectivity index (χ1v) is 20.4.